The Kier molecular flexibility index (Phi) is 6.51. The number of nitro groups is 1. The Labute approximate surface area is 154 Å². The van der Waals surface area contributed by atoms with E-state index < -0.39 is 4.92 Å². The zero-order valence-corrected chi connectivity index (χ0v) is 14.8. The van der Waals surface area contributed by atoms with Gasteiger partial charge in [0.25, 0.3) is 0 Å². The maximum absolute atomic E-state index is 11.9. The number of amides is 1. The summed E-state index contributed by atoms with van der Waals surface area (Å²) in [6, 6.07) is 9.49. The van der Waals surface area contributed by atoms with E-state index in [-0.39, 0.29) is 23.8 Å². The van der Waals surface area contributed by atoms with Crippen LogP contribution in [-0.4, -0.2) is 31.3 Å². The number of halogens is 1. The van der Waals surface area contributed by atoms with Crippen molar-refractivity contribution in [1.82, 2.24) is 5.43 Å². The van der Waals surface area contributed by atoms with Crippen LogP contribution in [-0.2, 0) is 11.2 Å². The number of rotatable bonds is 7. The van der Waals surface area contributed by atoms with Crippen LogP contribution in [0.1, 0.15) is 11.1 Å². The lowest BCUT2D eigenvalue weighted by Gasteiger charge is -2.08. The fourth-order valence-electron chi connectivity index (χ4n) is 2.15. The van der Waals surface area contributed by atoms with Crippen LogP contribution >= 0.6 is 11.6 Å². The molecular weight excluding hydrogens is 362 g/mol. The summed E-state index contributed by atoms with van der Waals surface area (Å²) in [7, 11) is 2.74. The standard InChI is InChI=1S/C17H16ClN3O5/c1-25-15-9-16(26-2)14(21(23)24)8-12(15)10-19-20-17(22)7-11-3-5-13(18)6-4-11/h3-6,8-10H,7H2,1-2H3,(H,20,22)/b19-10-. The van der Waals surface area contributed by atoms with E-state index in [4.69, 9.17) is 21.1 Å². The maximum atomic E-state index is 11.9. The van der Waals surface area contributed by atoms with Gasteiger partial charge < -0.3 is 9.47 Å². The lowest BCUT2D eigenvalue weighted by Crippen LogP contribution is -2.19. The molecule has 136 valence electrons. The van der Waals surface area contributed by atoms with Crippen LogP contribution in [0.15, 0.2) is 41.5 Å². The van der Waals surface area contributed by atoms with E-state index in [2.05, 4.69) is 10.5 Å². The molecule has 1 N–H and O–H groups in total. The molecule has 0 aromatic heterocycles. The first-order valence-electron chi connectivity index (χ1n) is 7.41. The van der Waals surface area contributed by atoms with Crippen LogP contribution < -0.4 is 14.9 Å². The zero-order chi connectivity index (χ0) is 19.1. The Morgan fingerprint density at radius 1 is 1.23 bits per heavy atom. The van der Waals surface area contributed by atoms with E-state index in [1.165, 1.54) is 32.6 Å². The third-order valence-corrected chi connectivity index (χ3v) is 3.65. The number of benzene rings is 2. The van der Waals surface area contributed by atoms with Gasteiger partial charge in [-0.2, -0.15) is 5.10 Å². The van der Waals surface area contributed by atoms with Gasteiger partial charge in [-0.25, -0.2) is 5.43 Å². The summed E-state index contributed by atoms with van der Waals surface area (Å²) in [5, 5.41) is 15.5. The van der Waals surface area contributed by atoms with Gasteiger partial charge in [-0.05, 0) is 17.7 Å². The fourth-order valence-corrected chi connectivity index (χ4v) is 2.28. The van der Waals surface area contributed by atoms with Crippen molar-refractivity contribution < 1.29 is 19.2 Å². The maximum Gasteiger partial charge on any atom is 0.311 e. The Balaban J connectivity index is 2.11. The van der Waals surface area contributed by atoms with Crippen LogP contribution in [0, 0.1) is 10.1 Å². The van der Waals surface area contributed by atoms with Gasteiger partial charge in [0.05, 0.1) is 31.8 Å². The number of hydrazone groups is 1. The van der Waals surface area contributed by atoms with Crippen molar-refractivity contribution in [3.8, 4) is 11.5 Å². The molecule has 0 fully saturated rings. The second-order valence-corrected chi connectivity index (χ2v) is 5.56. The number of hydrogen-bond donors (Lipinski definition) is 1. The molecule has 0 aliphatic rings. The molecule has 1 amide bonds. The Hall–Kier alpha value is -3.13. The van der Waals surface area contributed by atoms with Crippen LogP contribution in [0.3, 0.4) is 0 Å². The van der Waals surface area contributed by atoms with E-state index in [9.17, 15) is 14.9 Å². The molecule has 2 aromatic carbocycles. The number of carbonyl (C=O) groups excluding carboxylic acids is 1. The molecule has 0 saturated heterocycles. The number of ether oxygens (including phenoxy) is 2. The molecule has 2 rings (SSSR count). The van der Waals surface area contributed by atoms with E-state index in [1.54, 1.807) is 24.3 Å². The van der Waals surface area contributed by atoms with Crippen molar-refractivity contribution in [3.05, 3.63) is 62.7 Å². The number of methoxy groups -OCH3 is 2. The van der Waals surface area contributed by atoms with Gasteiger partial charge in [0, 0.05) is 22.7 Å². The Morgan fingerprint density at radius 3 is 2.46 bits per heavy atom. The lowest BCUT2D eigenvalue weighted by molar-refractivity contribution is -0.385. The predicted octanol–water partition coefficient (Wildman–Crippen LogP) is 2.96. The highest BCUT2D eigenvalue weighted by Gasteiger charge is 2.18. The second kappa shape index (κ2) is 8.82. The Morgan fingerprint density at radius 2 is 1.88 bits per heavy atom. The first-order valence-corrected chi connectivity index (χ1v) is 7.79. The van der Waals surface area contributed by atoms with E-state index in [0.717, 1.165) is 5.56 Å². The number of nitrogens with one attached hydrogen (secondary N) is 1. The van der Waals surface area contributed by atoms with E-state index in [0.29, 0.717) is 16.3 Å². The van der Waals surface area contributed by atoms with Gasteiger partial charge in [-0.3, -0.25) is 14.9 Å². The van der Waals surface area contributed by atoms with Crippen LogP contribution in [0.4, 0.5) is 5.69 Å². The summed E-state index contributed by atoms with van der Waals surface area (Å²) in [5.74, 6) is 0.0458. The fraction of sp³-hybridized carbons (Fsp3) is 0.176. The minimum absolute atomic E-state index is 0.0655. The van der Waals surface area contributed by atoms with Gasteiger partial charge >= 0.3 is 5.69 Å². The average molecular weight is 378 g/mol. The molecule has 0 aliphatic carbocycles. The molecular formula is C17H16ClN3O5. The number of hydrogen-bond acceptors (Lipinski definition) is 6. The lowest BCUT2D eigenvalue weighted by atomic mass is 10.1. The van der Waals surface area contributed by atoms with Crippen molar-refractivity contribution in [1.29, 1.82) is 0 Å². The highest BCUT2D eigenvalue weighted by Crippen LogP contribution is 2.33. The Bertz CT molecular complexity index is 837. The van der Waals surface area contributed by atoms with Crippen LogP contribution in [0.25, 0.3) is 0 Å². The number of nitro benzene ring substituents is 1. The summed E-state index contributed by atoms with van der Waals surface area (Å²) in [4.78, 5) is 22.4. The molecule has 26 heavy (non-hydrogen) atoms. The predicted molar refractivity (Wildman–Crippen MR) is 97.1 cm³/mol. The van der Waals surface area contributed by atoms with Crippen molar-refractivity contribution in [2.24, 2.45) is 5.10 Å². The topological polar surface area (TPSA) is 103 Å². The summed E-state index contributed by atoms with van der Waals surface area (Å²) >= 11 is 5.79. The van der Waals surface area contributed by atoms with E-state index in [1.807, 2.05) is 0 Å². The molecule has 0 saturated carbocycles. The molecule has 8 nitrogen and oxygen atoms in total. The first kappa shape index (κ1) is 19.2. The smallest absolute Gasteiger partial charge is 0.311 e. The summed E-state index contributed by atoms with van der Waals surface area (Å²) in [6.45, 7) is 0. The number of nitrogens with zero attached hydrogens (tertiary/aromatic N) is 2. The first-order chi connectivity index (χ1) is 12.4. The summed E-state index contributed by atoms with van der Waals surface area (Å²) < 4.78 is 10.1. The third kappa shape index (κ3) is 4.93. The molecule has 0 aliphatic heterocycles. The highest BCUT2D eigenvalue weighted by atomic mass is 35.5. The van der Waals surface area contributed by atoms with Crippen LogP contribution in [0.5, 0.6) is 11.5 Å². The SMILES string of the molecule is COc1cc(OC)c([N+](=O)[O-])cc1/C=N\NC(=O)Cc1ccc(Cl)cc1. The summed E-state index contributed by atoms with van der Waals surface area (Å²) in [6.07, 6.45) is 1.39. The van der Waals surface area contributed by atoms with Crippen LogP contribution in [0.2, 0.25) is 5.02 Å². The van der Waals surface area contributed by atoms with Crippen molar-refractivity contribution in [2.75, 3.05) is 14.2 Å². The molecule has 9 heteroatoms. The van der Waals surface area contributed by atoms with Gasteiger partial charge in [0.1, 0.15) is 5.75 Å². The summed E-state index contributed by atoms with van der Waals surface area (Å²) in [5.41, 5.74) is 3.23. The minimum Gasteiger partial charge on any atom is -0.496 e. The van der Waals surface area contributed by atoms with Gasteiger partial charge in [0.15, 0.2) is 0 Å². The molecule has 0 spiro atoms. The molecule has 2 aromatic rings. The molecule has 0 heterocycles. The average Bonchev–Trinajstić information content (AvgIpc) is 2.63. The molecule has 0 radical (unpaired) electrons. The normalized spacial score (nSPS) is 10.6. The van der Waals surface area contributed by atoms with Crippen molar-refractivity contribution in [2.45, 2.75) is 6.42 Å². The third-order valence-electron chi connectivity index (χ3n) is 3.40. The second-order valence-electron chi connectivity index (χ2n) is 5.12. The number of carbonyl (C=O) groups is 1. The van der Waals surface area contributed by atoms with E-state index >= 15 is 0 Å². The zero-order valence-electron chi connectivity index (χ0n) is 14.1. The molecule has 0 atom stereocenters. The van der Waals surface area contributed by atoms with Gasteiger partial charge in [-0.1, -0.05) is 23.7 Å². The quantitative estimate of drug-likeness (QED) is 0.454. The monoisotopic (exact) mass is 377 g/mol. The minimum atomic E-state index is -0.575. The molecule has 0 bridgehead atoms. The van der Waals surface area contributed by atoms with Crippen molar-refractivity contribution in [3.63, 3.8) is 0 Å². The van der Waals surface area contributed by atoms with Crippen molar-refractivity contribution >= 4 is 29.4 Å². The van der Waals surface area contributed by atoms with Gasteiger partial charge in [-0.15, -0.1) is 0 Å². The highest BCUT2D eigenvalue weighted by molar-refractivity contribution is 6.30. The van der Waals surface area contributed by atoms with Gasteiger partial charge in [0.2, 0.25) is 11.7 Å². The largest absolute Gasteiger partial charge is 0.496 e. The molecule has 0 unspecified atom stereocenters.